The zero-order chi connectivity index (χ0) is 16.0. The van der Waals surface area contributed by atoms with Crippen LogP contribution in [0.15, 0.2) is 18.2 Å². The lowest BCUT2D eigenvalue weighted by molar-refractivity contribution is -0.137. The highest BCUT2D eigenvalue weighted by Gasteiger charge is 2.19. The fourth-order valence-electron chi connectivity index (χ4n) is 1.81. The molecule has 0 heterocycles. The lowest BCUT2D eigenvalue weighted by Crippen LogP contribution is -2.40. The fourth-order valence-corrected chi connectivity index (χ4v) is 1.81. The van der Waals surface area contributed by atoms with Gasteiger partial charge in [-0.25, -0.2) is 13.6 Å². The van der Waals surface area contributed by atoms with Crippen LogP contribution in [0.25, 0.3) is 0 Å². The molecule has 2 amide bonds. The number of carboxylic acid groups (broad SMARTS) is 1. The van der Waals surface area contributed by atoms with Crippen LogP contribution in [-0.2, 0) is 4.79 Å². The molecular formula is C14H18F2N2O3. The van der Waals surface area contributed by atoms with Crippen molar-refractivity contribution in [2.75, 3.05) is 13.6 Å². The van der Waals surface area contributed by atoms with Crippen molar-refractivity contribution in [1.82, 2.24) is 10.2 Å². The molecule has 21 heavy (non-hydrogen) atoms. The zero-order valence-corrected chi connectivity index (χ0v) is 11.9. The summed E-state index contributed by atoms with van der Waals surface area (Å²) in [6, 6.07) is 2.06. The second-order valence-corrected chi connectivity index (χ2v) is 4.64. The fraction of sp³-hybridized carbons (Fsp3) is 0.429. The molecule has 0 fully saturated rings. The average Bonchev–Trinajstić information content (AvgIpc) is 2.42. The summed E-state index contributed by atoms with van der Waals surface area (Å²) in [6.07, 6.45) is 0.243. The summed E-state index contributed by atoms with van der Waals surface area (Å²) in [4.78, 5) is 23.6. The lowest BCUT2D eigenvalue weighted by Gasteiger charge is -2.23. The van der Waals surface area contributed by atoms with Crippen LogP contribution in [0.1, 0.15) is 31.4 Å². The monoisotopic (exact) mass is 300 g/mol. The first-order valence-electron chi connectivity index (χ1n) is 6.53. The van der Waals surface area contributed by atoms with Crippen LogP contribution in [0.5, 0.6) is 0 Å². The van der Waals surface area contributed by atoms with Crippen LogP contribution in [0.2, 0.25) is 0 Å². The second kappa shape index (κ2) is 7.56. The molecule has 0 saturated carbocycles. The third kappa shape index (κ3) is 5.02. The number of carboxylic acids is 1. The van der Waals surface area contributed by atoms with Crippen molar-refractivity contribution in [1.29, 1.82) is 0 Å². The van der Waals surface area contributed by atoms with E-state index in [1.807, 2.05) is 0 Å². The maximum atomic E-state index is 13.7. The number of benzene rings is 1. The van der Waals surface area contributed by atoms with Gasteiger partial charge >= 0.3 is 12.0 Å². The predicted molar refractivity (Wildman–Crippen MR) is 72.8 cm³/mol. The Morgan fingerprint density at radius 1 is 1.38 bits per heavy atom. The highest BCUT2D eigenvalue weighted by molar-refractivity contribution is 5.75. The van der Waals surface area contributed by atoms with Crippen LogP contribution < -0.4 is 5.32 Å². The van der Waals surface area contributed by atoms with Gasteiger partial charge in [0.05, 0.1) is 12.5 Å². The molecule has 0 spiro atoms. The van der Waals surface area contributed by atoms with Crippen molar-refractivity contribution in [2.24, 2.45) is 0 Å². The quantitative estimate of drug-likeness (QED) is 0.848. The summed E-state index contributed by atoms with van der Waals surface area (Å²) in [5.74, 6) is -2.42. The van der Waals surface area contributed by atoms with Crippen LogP contribution in [-0.4, -0.2) is 35.6 Å². The molecule has 1 unspecified atom stereocenters. The number of rotatable bonds is 6. The smallest absolute Gasteiger partial charge is 0.317 e. The average molecular weight is 300 g/mol. The van der Waals surface area contributed by atoms with Crippen molar-refractivity contribution in [3.63, 3.8) is 0 Å². The minimum atomic E-state index is -1.01. The first kappa shape index (κ1) is 16.9. The number of carbonyl (C=O) groups excluding carboxylic acids is 1. The number of halogens is 2. The minimum Gasteiger partial charge on any atom is -0.481 e. The van der Waals surface area contributed by atoms with Crippen molar-refractivity contribution < 1.29 is 23.5 Å². The Hall–Kier alpha value is -2.18. The van der Waals surface area contributed by atoms with E-state index in [4.69, 9.17) is 5.11 Å². The van der Waals surface area contributed by atoms with Gasteiger partial charge in [-0.2, -0.15) is 0 Å². The van der Waals surface area contributed by atoms with E-state index in [0.717, 1.165) is 12.1 Å². The van der Waals surface area contributed by atoms with E-state index >= 15 is 0 Å². The molecule has 1 rings (SSSR count). The molecule has 116 valence electrons. The SMILES string of the molecule is CCC(NC(=O)N(C)CCC(=O)O)c1ccc(F)cc1F. The van der Waals surface area contributed by atoms with E-state index in [9.17, 15) is 18.4 Å². The van der Waals surface area contributed by atoms with E-state index in [2.05, 4.69) is 5.32 Å². The largest absolute Gasteiger partial charge is 0.481 e. The molecule has 1 aromatic carbocycles. The number of amides is 2. The molecule has 0 aliphatic carbocycles. The van der Waals surface area contributed by atoms with Gasteiger partial charge in [0.15, 0.2) is 0 Å². The Morgan fingerprint density at radius 2 is 2.05 bits per heavy atom. The summed E-state index contributed by atoms with van der Waals surface area (Å²) < 4.78 is 26.6. The maximum absolute atomic E-state index is 13.7. The van der Waals surface area contributed by atoms with Gasteiger partial charge in [0.2, 0.25) is 0 Å². The molecular weight excluding hydrogens is 282 g/mol. The normalized spacial score (nSPS) is 11.8. The van der Waals surface area contributed by atoms with Gasteiger partial charge in [-0.1, -0.05) is 13.0 Å². The predicted octanol–water partition coefficient (Wildman–Crippen LogP) is 2.53. The highest BCUT2D eigenvalue weighted by atomic mass is 19.1. The third-order valence-electron chi connectivity index (χ3n) is 3.05. The summed E-state index contributed by atoms with van der Waals surface area (Å²) >= 11 is 0. The van der Waals surface area contributed by atoms with Crippen molar-refractivity contribution in [3.8, 4) is 0 Å². The first-order valence-corrected chi connectivity index (χ1v) is 6.53. The molecule has 0 aliphatic rings. The van der Waals surface area contributed by atoms with Crippen LogP contribution in [0, 0.1) is 11.6 Å². The summed E-state index contributed by atoms with van der Waals surface area (Å²) in [7, 11) is 1.45. The van der Waals surface area contributed by atoms with E-state index < -0.39 is 29.7 Å². The van der Waals surface area contributed by atoms with Crippen molar-refractivity contribution >= 4 is 12.0 Å². The number of aliphatic carboxylic acids is 1. The third-order valence-corrected chi connectivity index (χ3v) is 3.05. The number of hydrogen-bond donors (Lipinski definition) is 2. The second-order valence-electron chi connectivity index (χ2n) is 4.64. The van der Waals surface area contributed by atoms with Gasteiger partial charge in [0.25, 0.3) is 0 Å². The Morgan fingerprint density at radius 3 is 2.57 bits per heavy atom. The van der Waals surface area contributed by atoms with E-state index in [1.165, 1.54) is 18.0 Å². The van der Waals surface area contributed by atoms with Gasteiger partial charge < -0.3 is 15.3 Å². The summed E-state index contributed by atoms with van der Waals surface area (Å²) in [5, 5.41) is 11.2. The Balaban J connectivity index is 2.73. The van der Waals surface area contributed by atoms with Crippen LogP contribution >= 0.6 is 0 Å². The number of nitrogens with zero attached hydrogens (tertiary/aromatic N) is 1. The Labute approximate surface area is 121 Å². The Kier molecular flexibility index (Phi) is 6.08. The minimum absolute atomic E-state index is 0.0451. The molecule has 0 aromatic heterocycles. The van der Waals surface area contributed by atoms with Gasteiger partial charge in [-0.15, -0.1) is 0 Å². The van der Waals surface area contributed by atoms with Gasteiger partial charge in [0, 0.05) is 25.2 Å². The number of hydrogen-bond acceptors (Lipinski definition) is 2. The Bertz CT molecular complexity index is 523. The van der Waals surface area contributed by atoms with Gasteiger partial charge in [0.1, 0.15) is 11.6 Å². The molecule has 2 N–H and O–H groups in total. The molecule has 0 saturated heterocycles. The van der Waals surface area contributed by atoms with Crippen LogP contribution in [0.4, 0.5) is 13.6 Å². The molecule has 1 aromatic rings. The standard InChI is InChI=1S/C14H18F2N2O3/c1-3-12(10-5-4-9(15)8-11(10)16)17-14(21)18(2)7-6-13(19)20/h4-5,8,12H,3,6-7H2,1-2H3,(H,17,21)(H,19,20). The van der Waals surface area contributed by atoms with Crippen molar-refractivity contribution in [3.05, 3.63) is 35.4 Å². The lowest BCUT2D eigenvalue weighted by atomic mass is 10.0. The summed E-state index contributed by atoms with van der Waals surface area (Å²) in [5.41, 5.74) is 0.193. The number of carbonyl (C=O) groups is 2. The molecule has 7 heteroatoms. The topological polar surface area (TPSA) is 69.6 Å². The van der Waals surface area contributed by atoms with E-state index in [1.54, 1.807) is 6.92 Å². The molecule has 0 aliphatic heterocycles. The van der Waals surface area contributed by atoms with E-state index in [-0.39, 0.29) is 18.5 Å². The molecule has 5 nitrogen and oxygen atoms in total. The van der Waals surface area contributed by atoms with E-state index in [0.29, 0.717) is 6.42 Å². The summed E-state index contributed by atoms with van der Waals surface area (Å²) in [6.45, 7) is 1.80. The van der Waals surface area contributed by atoms with Gasteiger partial charge in [-0.05, 0) is 12.5 Å². The highest BCUT2D eigenvalue weighted by Crippen LogP contribution is 2.21. The number of urea groups is 1. The zero-order valence-electron chi connectivity index (χ0n) is 11.9. The first-order chi connectivity index (χ1) is 9.85. The maximum Gasteiger partial charge on any atom is 0.317 e. The molecule has 1 atom stereocenters. The van der Waals surface area contributed by atoms with Crippen LogP contribution in [0.3, 0.4) is 0 Å². The number of nitrogens with one attached hydrogen (secondary N) is 1. The molecule has 0 bridgehead atoms. The van der Waals surface area contributed by atoms with Crippen molar-refractivity contribution in [2.45, 2.75) is 25.8 Å². The van der Waals surface area contributed by atoms with Gasteiger partial charge in [-0.3, -0.25) is 4.79 Å². The molecule has 0 radical (unpaired) electrons.